The standard InChI is InChI=1S/C20H15NO6/c22-17-14-7-6-13(19(24)27-16-8-9-26-20(16)25)10-15(14)18(23)21(17)11-12-4-2-1-3-5-12/h1-7,10,16H,8-9,11H2/t16-/m1/s1. The number of amides is 2. The van der Waals surface area contributed by atoms with Crippen LogP contribution in [0.4, 0.5) is 0 Å². The van der Waals surface area contributed by atoms with Crippen LogP contribution in [0.3, 0.4) is 0 Å². The van der Waals surface area contributed by atoms with Crippen LogP contribution in [0.5, 0.6) is 0 Å². The number of hydrogen-bond acceptors (Lipinski definition) is 6. The van der Waals surface area contributed by atoms with Crippen molar-refractivity contribution in [1.29, 1.82) is 0 Å². The first-order chi connectivity index (χ1) is 13.0. The van der Waals surface area contributed by atoms with Gasteiger partial charge >= 0.3 is 11.9 Å². The third kappa shape index (κ3) is 3.08. The fourth-order valence-electron chi connectivity index (χ4n) is 3.11. The normalized spacial score (nSPS) is 18.4. The summed E-state index contributed by atoms with van der Waals surface area (Å²) >= 11 is 0. The minimum Gasteiger partial charge on any atom is -0.463 e. The van der Waals surface area contributed by atoms with Crippen molar-refractivity contribution in [3.05, 3.63) is 70.8 Å². The van der Waals surface area contributed by atoms with Crippen LogP contribution >= 0.6 is 0 Å². The number of rotatable bonds is 4. The number of nitrogens with zero attached hydrogens (tertiary/aromatic N) is 1. The zero-order valence-corrected chi connectivity index (χ0v) is 14.2. The van der Waals surface area contributed by atoms with Gasteiger partial charge in [-0.3, -0.25) is 14.5 Å². The topological polar surface area (TPSA) is 90.0 Å². The molecule has 1 saturated heterocycles. The lowest BCUT2D eigenvalue weighted by Crippen LogP contribution is -2.29. The van der Waals surface area contributed by atoms with Gasteiger partial charge < -0.3 is 9.47 Å². The van der Waals surface area contributed by atoms with E-state index in [0.717, 1.165) is 10.5 Å². The lowest BCUT2D eigenvalue weighted by Gasteiger charge is -2.13. The zero-order chi connectivity index (χ0) is 19.0. The first-order valence-corrected chi connectivity index (χ1v) is 8.46. The van der Waals surface area contributed by atoms with Gasteiger partial charge in [0, 0.05) is 6.42 Å². The molecular formula is C20H15NO6. The average Bonchev–Trinajstić information content (AvgIpc) is 3.19. The van der Waals surface area contributed by atoms with Crippen molar-refractivity contribution < 1.29 is 28.7 Å². The van der Waals surface area contributed by atoms with Crippen molar-refractivity contribution in [2.24, 2.45) is 0 Å². The number of carbonyl (C=O) groups is 4. The van der Waals surface area contributed by atoms with E-state index in [-0.39, 0.29) is 29.8 Å². The molecule has 7 nitrogen and oxygen atoms in total. The minimum absolute atomic E-state index is 0.108. The van der Waals surface area contributed by atoms with E-state index in [0.29, 0.717) is 6.42 Å². The predicted molar refractivity (Wildman–Crippen MR) is 91.9 cm³/mol. The fraction of sp³-hybridized carbons (Fsp3) is 0.200. The second-order valence-corrected chi connectivity index (χ2v) is 6.29. The summed E-state index contributed by atoms with van der Waals surface area (Å²) in [5, 5.41) is 0. The molecule has 136 valence electrons. The lowest BCUT2D eigenvalue weighted by atomic mass is 10.1. The highest BCUT2D eigenvalue weighted by Crippen LogP contribution is 2.26. The number of cyclic esters (lactones) is 1. The molecule has 7 heteroatoms. The summed E-state index contributed by atoms with van der Waals surface area (Å²) in [6, 6.07) is 13.3. The molecule has 0 radical (unpaired) electrons. The number of imide groups is 1. The number of esters is 2. The Morgan fingerprint density at radius 1 is 1.04 bits per heavy atom. The van der Waals surface area contributed by atoms with Gasteiger partial charge in [-0.1, -0.05) is 30.3 Å². The lowest BCUT2D eigenvalue weighted by molar-refractivity contribution is -0.145. The quantitative estimate of drug-likeness (QED) is 0.608. The van der Waals surface area contributed by atoms with Gasteiger partial charge in [-0.05, 0) is 23.8 Å². The van der Waals surface area contributed by atoms with Crippen LogP contribution in [0.15, 0.2) is 48.5 Å². The summed E-state index contributed by atoms with van der Waals surface area (Å²) in [6.45, 7) is 0.364. The molecule has 0 spiro atoms. The first kappa shape index (κ1) is 17.0. The van der Waals surface area contributed by atoms with E-state index in [1.165, 1.54) is 18.2 Å². The van der Waals surface area contributed by atoms with Crippen molar-refractivity contribution in [3.8, 4) is 0 Å². The molecule has 2 amide bonds. The molecule has 2 aliphatic heterocycles. The number of fused-ring (bicyclic) bond motifs is 1. The van der Waals surface area contributed by atoms with Gasteiger partial charge in [-0.25, -0.2) is 9.59 Å². The Kier molecular flexibility index (Phi) is 4.19. The number of ether oxygens (including phenoxy) is 2. The number of benzene rings is 2. The maximum atomic E-state index is 12.7. The highest BCUT2D eigenvalue weighted by Gasteiger charge is 2.37. The van der Waals surface area contributed by atoms with E-state index in [1.54, 1.807) is 0 Å². The monoisotopic (exact) mass is 365 g/mol. The van der Waals surface area contributed by atoms with Gasteiger partial charge in [0.2, 0.25) is 6.10 Å². The van der Waals surface area contributed by atoms with Gasteiger partial charge in [0.15, 0.2) is 0 Å². The van der Waals surface area contributed by atoms with Crippen LogP contribution in [0, 0.1) is 0 Å². The molecular weight excluding hydrogens is 350 g/mol. The highest BCUT2D eigenvalue weighted by molar-refractivity contribution is 6.21. The summed E-state index contributed by atoms with van der Waals surface area (Å²) < 4.78 is 9.89. The summed E-state index contributed by atoms with van der Waals surface area (Å²) in [6.07, 6.45) is -0.629. The minimum atomic E-state index is -0.933. The maximum absolute atomic E-state index is 12.7. The molecule has 2 aromatic carbocycles. The second-order valence-electron chi connectivity index (χ2n) is 6.29. The summed E-state index contributed by atoms with van der Waals surface area (Å²) in [4.78, 5) is 50.0. The Morgan fingerprint density at radius 2 is 1.78 bits per heavy atom. The summed E-state index contributed by atoms with van der Waals surface area (Å²) in [7, 11) is 0. The van der Waals surface area contributed by atoms with E-state index in [9.17, 15) is 19.2 Å². The Hall–Kier alpha value is -3.48. The van der Waals surface area contributed by atoms with E-state index >= 15 is 0 Å². The zero-order valence-electron chi connectivity index (χ0n) is 14.2. The third-order valence-electron chi connectivity index (χ3n) is 4.53. The molecule has 4 rings (SSSR count). The molecule has 2 heterocycles. The van der Waals surface area contributed by atoms with Crippen LogP contribution in [0.2, 0.25) is 0 Å². The van der Waals surface area contributed by atoms with Crippen molar-refractivity contribution in [2.45, 2.75) is 19.1 Å². The molecule has 0 unspecified atom stereocenters. The van der Waals surface area contributed by atoms with E-state index in [1.807, 2.05) is 30.3 Å². The largest absolute Gasteiger partial charge is 0.463 e. The van der Waals surface area contributed by atoms with Gasteiger partial charge in [-0.15, -0.1) is 0 Å². The van der Waals surface area contributed by atoms with Crippen LogP contribution in [-0.4, -0.2) is 41.4 Å². The van der Waals surface area contributed by atoms with E-state index < -0.39 is 29.9 Å². The van der Waals surface area contributed by atoms with Crippen LogP contribution in [-0.2, 0) is 20.8 Å². The Labute approximate surface area is 154 Å². The van der Waals surface area contributed by atoms with Crippen molar-refractivity contribution in [1.82, 2.24) is 4.90 Å². The van der Waals surface area contributed by atoms with Crippen molar-refractivity contribution in [3.63, 3.8) is 0 Å². The molecule has 2 aromatic rings. The van der Waals surface area contributed by atoms with Gasteiger partial charge in [0.25, 0.3) is 11.8 Å². The van der Waals surface area contributed by atoms with Crippen LogP contribution < -0.4 is 0 Å². The first-order valence-electron chi connectivity index (χ1n) is 8.46. The Bertz CT molecular complexity index is 952. The second kappa shape index (κ2) is 6.68. The van der Waals surface area contributed by atoms with Crippen molar-refractivity contribution >= 4 is 23.8 Å². The molecule has 0 bridgehead atoms. The molecule has 0 aromatic heterocycles. The molecule has 2 aliphatic rings. The van der Waals surface area contributed by atoms with Gasteiger partial charge in [0.1, 0.15) is 0 Å². The smallest absolute Gasteiger partial charge is 0.347 e. The molecule has 0 aliphatic carbocycles. The predicted octanol–water partition coefficient (Wildman–Crippen LogP) is 1.96. The highest BCUT2D eigenvalue weighted by atomic mass is 16.6. The molecule has 1 fully saturated rings. The molecule has 1 atom stereocenters. The Balaban J connectivity index is 1.55. The fourth-order valence-corrected chi connectivity index (χ4v) is 3.11. The molecule has 0 N–H and O–H groups in total. The average molecular weight is 365 g/mol. The van der Waals surface area contributed by atoms with Crippen LogP contribution in [0.1, 0.15) is 43.1 Å². The third-order valence-corrected chi connectivity index (χ3v) is 4.53. The maximum Gasteiger partial charge on any atom is 0.347 e. The van der Waals surface area contributed by atoms with Gasteiger partial charge in [-0.2, -0.15) is 0 Å². The van der Waals surface area contributed by atoms with Crippen molar-refractivity contribution in [2.75, 3.05) is 6.61 Å². The van der Waals surface area contributed by atoms with E-state index in [4.69, 9.17) is 9.47 Å². The molecule has 27 heavy (non-hydrogen) atoms. The molecule has 0 saturated carbocycles. The summed E-state index contributed by atoms with van der Waals surface area (Å²) in [5.41, 5.74) is 1.33. The van der Waals surface area contributed by atoms with Gasteiger partial charge in [0.05, 0.1) is 29.8 Å². The SMILES string of the molecule is O=C(O[C@@H]1CCOC1=O)c1ccc2c(c1)C(=O)N(Cc1ccccc1)C2=O. The van der Waals surface area contributed by atoms with E-state index in [2.05, 4.69) is 0 Å². The summed E-state index contributed by atoms with van der Waals surface area (Å²) in [5.74, 6) is -2.18. The Morgan fingerprint density at radius 3 is 2.48 bits per heavy atom. The van der Waals surface area contributed by atoms with Crippen LogP contribution in [0.25, 0.3) is 0 Å². The number of carbonyl (C=O) groups excluding carboxylic acids is 4. The number of hydrogen-bond donors (Lipinski definition) is 0.